The molecule has 3 heterocycles. The summed E-state index contributed by atoms with van der Waals surface area (Å²) < 4.78 is 0. The number of carbonyl (C=O) groups excluding carboxylic acids is 1. The number of aromatic nitrogens is 2. The molecular formula is C37H42N6O3S. The van der Waals surface area contributed by atoms with Crippen LogP contribution in [0.3, 0.4) is 0 Å². The third kappa shape index (κ3) is 9.76. The van der Waals surface area contributed by atoms with Gasteiger partial charge in [0.2, 0.25) is 0 Å². The van der Waals surface area contributed by atoms with Crippen LogP contribution in [0.4, 0.5) is 0 Å². The number of aliphatic carboxylic acids is 1. The van der Waals surface area contributed by atoms with Crippen molar-refractivity contribution < 1.29 is 14.7 Å². The van der Waals surface area contributed by atoms with Gasteiger partial charge in [-0.05, 0) is 90.9 Å². The first-order valence-electron chi connectivity index (χ1n) is 16.1. The predicted molar refractivity (Wildman–Crippen MR) is 187 cm³/mol. The molecule has 0 saturated carbocycles. The number of nitrogens with two attached hydrogens (primary N) is 1. The second kappa shape index (κ2) is 17.4. The van der Waals surface area contributed by atoms with E-state index in [4.69, 9.17) is 5.73 Å². The fraction of sp³-hybridized carbons (Fsp3) is 0.297. The third-order valence-corrected chi connectivity index (χ3v) is 9.26. The largest absolute Gasteiger partial charge is 0.480 e. The van der Waals surface area contributed by atoms with Gasteiger partial charge in [0, 0.05) is 42.9 Å². The summed E-state index contributed by atoms with van der Waals surface area (Å²) in [6.07, 6.45) is 7.78. The van der Waals surface area contributed by atoms with Gasteiger partial charge in [-0.1, -0.05) is 54.6 Å². The van der Waals surface area contributed by atoms with Gasteiger partial charge in [-0.3, -0.25) is 14.8 Å². The molecular weight excluding hydrogens is 609 g/mol. The molecule has 244 valence electrons. The van der Waals surface area contributed by atoms with Crippen molar-refractivity contribution in [3.05, 3.63) is 130 Å². The molecule has 1 aliphatic carbocycles. The van der Waals surface area contributed by atoms with Crippen LogP contribution in [0.25, 0.3) is 10.8 Å². The van der Waals surface area contributed by atoms with Crippen molar-refractivity contribution in [3.8, 4) is 0 Å². The highest BCUT2D eigenvalue weighted by atomic mass is 32.1. The number of carboxylic acids is 1. The summed E-state index contributed by atoms with van der Waals surface area (Å²) in [5, 5.41) is 21.7. The minimum absolute atomic E-state index is 0.202. The number of hydrogen-bond acceptors (Lipinski definition) is 8. The van der Waals surface area contributed by atoms with Crippen LogP contribution in [0, 0.1) is 0 Å². The van der Waals surface area contributed by atoms with Gasteiger partial charge in [0.05, 0.1) is 16.3 Å². The summed E-state index contributed by atoms with van der Waals surface area (Å²) in [5.74, 6) is -1.37. The number of rotatable bonds is 13. The molecule has 2 aromatic carbocycles. The number of carboxylic acid groups (broad SMARTS) is 1. The second-order valence-corrected chi connectivity index (χ2v) is 12.7. The highest BCUT2D eigenvalue weighted by molar-refractivity contribution is 7.14. The number of amides is 1. The van der Waals surface area contributed by atoms with E-state index in [9.17, 15) is 14.7 Å². The molecule has 0 spiro atoms. The summed E-state index contributed by atoms with van der Waals surface area (Å²) in [6, 6.07) is 27.3. The van der Waals surface area contributed by atoms with Crippen molar-refractivity contribution >= 4 is 34.0 Å². The van der Waals surface area contributed by atoms with Crippen molar-refractivity contribution in [3.63, 3.8) is 0 Å². The van der Waals surface area contributed by atoms with E-state index in [0.29, 0.717) is 43.9 Å². The molecule has 6 rings (SSSR count). The fourth-order valence-corrected chi connectivity index (χ4v) is 6.64. The second-order valence-electron chi connectivity index (χ2n) is 11.5. The van der Waals surface area contributed by atoms with Crippen LogP contribution in [-0.4, -0.2) is 39.5 Å². The first-order chi connectivity index (χ1) is 23.0. The molecule has 1 aliphatic rings. The monoisotopic (exact) mass is 650 g/mol. The van der Waals surface area contributed by atoms with Gasteiger partial charge in [-0.25, -0.2) is 4.79 Å². The zero-order valence-corrected chi connectivity index (χ0v) is 27.2. The SMILES string of the molecule is NCc1cccc2ccccc12.O=C(N[C@@H](CCCNC1CCCc2cccnc21)C(=O)O)c1ccc(CNCc2ccccn2)s1. The number of nitrogens with zero attached hydrogens (tertiary/aromatic N) is 2. The van der Waals surface area contributed by atoms with E-state index in [1.807, 2.05) is 54.7 Å². The van der Waals surface area contributed by atoms with E-state index in [0.717, 1.165) is 35.5 Å². The lowest BCUT2D eigenvalue weighted by Crippen LogP contribution is -2.41. The molecule has 6 N–H and O–H groups in total. The smallest absolute Gasteiger partial charge is 0.326 e. The van der Waals surface area contributed by atoms with Crippen LogP contribution >= 0.6 is 11.3 Å². The normalized spacial score (nSPS) is 14.4. The van der Waals surface area contributed by atoms with Crippen LogP contribution in [-0.2, 0) is 30.8 Å². The Morgan fingerprint density at radius 2 is 1.77 bits per heavy atom. The Morgan fingerprint density at radius 3 is 2.60 bits per heavy atom. The number of thiophene rings is 1. The molecule has 0 saturated heterocycles. The van der Waals surface area contributed by atoms with Crippen molar-refractivity contribution in [1.82, 2.24) is 25.9 Å². The van der Waals surface area contributed by atoms with Crippen molar-refractivity contribution in [2.24, 2.45) is 5.73 Å². The number of pyridine rings is 2. The van der Waals surface area contributed by atoms with E-state index in [2.05, 4.69) is 56.3 Å². The molecule has 9 nitrogen and oxygen atoms in total. The molecule has 10 heteroatoms. The molecule has 3 aromatic heterocycles. The average molecular weight is 651 g/mol. The van der Waals surface area contributed by atoms with Crippen molar-refractivity contribution in [2.45, 2.75) is 63.8 Å². The molecule has 0 bridgehead atoms. The maximum absolute atomic E-state index is 12.7. The summed E-state index contributed by atoms with van der Waals surface area (Å²) in [6.45, 7) is 2.53. The zero-order chi connectivity index (χ0) is 32.8. The summed E-state index contributed by atoms with van der Waals surface area (Å²) in [4.78, 5) is 34.7. The molecule has 0 aliphatic heterocycles. The van der Waals surface area contributed by atoms with E-state index in [1.54, 1.807) is 12.3 Å². The Bertz CT molecular complexity index is 1740. The van der Waals surface area contributed by atoms with Crippen LogP contribution in [0.5, 0.6) is 0 Å². The van der Waals surface area contributed by atoms with Gasteiger partial charge in [0.25, 0.3) is 5.91 Å². The molecule has 47 heavy (non-hydrogen) atoms. The fourth-order valence-electron chi connectivity index (χ4n) is 5.76. The Hall–Kier alpha value is -4.48. The number of aryl methyl sites for hydroxylation is 1. The zero-order valence-electron chi connectivity index (χ0n) is 26.4. The quantitative estimate of drug-likeness (QED) is 0.101. The lowest BCUT2D eigenvalue weighted by atomic mass is 9.92. The van der Waals surface area contributed by atoms with Crippen LogP contribution in [0.1, 0.15) is 68.8 Å². The Morgan fingerprint density at radius 1 is 0.936 bits per heavy atom. The molecule has 0 radical (unpaired) electrons. The highest BCUT2D eigenvalue weighted by Crippen LogP contribution is 2.27. The van der Waals surface area contributed by atoms with Gasteiger partial charge in [0.1, 0.15) is 6.04 Å². The lowest BCUT2D eigenvalue weighted by Gasteiger charge is -2.25. The number of hydrogen-bond donors (Lipinski definition) is 5. The molecule has 2 atom stereocenters. The average Bonchev–Trinajstić information content (AvgIpc) is 3.59. The minimum Gasteiger partial charge on any atom is -0.480 e. The minimum atomic E-state index is -1.02. The standard InChI is InChI=1S/C26H31N5O3S.C11H11N/c32-25(23-12-11-20(35-23)17-27-16-19-8-1-2-13-28-19)31-22(26(33)34)10-5-14-29-21-9-3-6-18-7-4-15-30-24(18)21;12-8-10-6-3-5-9-4-1-2-7-11(9)10/h1-2,4,7-8,11-13,15,21-22,27,29H,3,5-6,9-10,14,16-17H2,(H,31,32)(H,33,34);1-7H,8,12H2/t21?,22-;/m0./s1. The van der Waals surface area contributed by atoms with Crippen molar-refractivity contribution in [2.75, 3.05) is 6.54 Å². The van der Waals surface area contributed by atoms with Gasteiger partial charge < -0.3 is 26.8 Å². The van der Waals surface area contributed by atoms with Gasteiger partial charge in [-0.2, -0.15) is 0 Å². The van der Waals surface area contributed by atoms with E-state index < -0.39 is 12.0 Å². The predicted octanol–water partition coefficient (Wildman–Crippen LogP) is 5.76. The Kier molecular flexibility index (Phi) is 12.6. The van der Waals surface area contributed by atoms with Crippen molar-refractivity contribution in [1.29, 1.82) is 0 Å². The summed E-state index contributed by atoms with van der Waals surface area (Å²) >= 11 is 1.36. The maximum Gasteiger partial charge on any atom is 0.326 e. The molecule has 0 fully saturated rings. The molecule has 1 amide bonds. The highest BCUT2D eigenvalue weighted by Gasteiger charge is 2.23. The first kappa shape index (κ1) is 33.9. The molecule has 5 aromatic rings. The van der Waals surface area contributed by atoms with Crippen LogP contribution < -0.4 is 21.7 Å². The van der Waals surface area contributed by atoms with Gasteiger partial charge >= 0.3 is 5.97 Å². The van der Waals surface area contributed by atoms with E-state index in [-0.39, 0.29) is 11.9 Å². The van der Waals surface area contributed by atoms with E-state index in [1.165, 1.54) is 33.2 Å². The summed E-state index contributed by atoms with van der Waals surface area (Å²) in [7, 11) is 0. The number of benzene rings is 2. The van der Waals surface area contributed by atoms with Crippen LogP contribution in [0.15, 0.2) is 97.3 Å². The lowest BCUT2D eigenvalue weighted by molar-refractivity contribution is -0.139. The number of fused-ring (bicyclic) bond motifs is 2. The number of nitrogens with one attached hydrogen (secondary N) is 3. The third-order valence-electron chi connectivity index (χ3n) is 8.18. The Labute approximate surface area is 279 Å². The summed E-state index contributed by atoms with van der Waals surface area (Å²) in [5.41, 5.74) is 10.2. The topological polar surface area (TPSA) is 142 Å². The van der Waals surface area contributed by atoms with E-state index >= 15 is 0 Å². The molecule has 1 unspecified atom stereocenters. The first-order valence-corrected chi connectivity index (χ1v) is 16.9. The van der Waals surface area contributed by atoms with Crippen LogP contribution in [0.2, 0.25) is 0 Å². The van der Waals surface area contributed by atoms with Gasteiger partial charge in [0.15, 0.2) is 0 Å². The Balaban J connectivity index is 0.000000301. The number of carbonyl (C=O) groups is 2. The maximum atomic E-state index is 12.7. The van der Waals surface area contributed by atoms with Gasteiger partial charge in [-0.15, -0.1) is 11.3 Å².